The summed E-state index contributed by atoms with van der Waals surface area (Å²) in [6.07, 6.45) is 1.78. The van der Waals surface area contributed by atoms with Crippen LogP contribution in [-0.4, -0.2) is 23.7 Å². The third kappa shape index (κ3) is 4.74. The summed E-state index contributed by atoms with van der Waals surface area (Å²) >= 11 is 2.86. The number of hydrogen-bond donors (Lipinski definition) is 3. The Morgan fingerprint density at radius 1 is 1.73 bits per heavy atom. The summed E-state index contributed by atoms with van der Waals surface area (Å²) < 4.78 is 1.94. The van der Waals surface area contributed by atoms with Crippen LogP contribution in [0.2, 0.25) is 0 Å². The van der Waals surface area contributed by atoms with Crippen molar-refractivity contribution in [2.75, 3.05) is 6.54 Å². The Labute approximate surface area is 69.7 Å². The number of hydrogen-bond acceptors (Lipinski definition) is 4. The molecule has 1 atom stereocenters. The number of carboxylic acid groups (broad SMARTS) is 1. The highest BCUT2D eigenvalue weighted by atomic mass is 32.1. The van der Waals surface area contributed by atoms with Crippen LogP contribution in [0.3, 0.4) is 0 Å². The first-order valence-corrected chi connectivity index (χ1v) is 3.55. The zero-order valence-corrected chi connectivity index (χ0v) is 6.75. The third-order valence-corrected chi connectivity index (χ3v) is 1.36. The molecule has 0 saturated carbocycles. The normalized spacial score (nSPS) is 21.7. The molecule has 1 rings (SSSR count). The van der Waals surface area contributed by atoms with Gasteiger partial charge in [-0.25, -0.2) is 0 Å². The SMILES string of the molecule is O=C(O)C1CCCN1.O=NS. The van der Waals surface area contributed by atoms with Gasteiger partial charge in [-0.2, -0.15) is 0 Å². The first-order valence-electron chi connectivity index (χ1n) is 3.15. The Hall–Kier alpha value is -0.620. The zero-order chi connectivity index (χ0) is 8.69. The van der Waals surface area contributed by atoms with Crippen molar-refractivity contribution in [3.63, 3.8) is 0 Å². The highest BCUT2D eigenvalue weighted by Gasteiger charge is 2.20. The molecule has 0 radical (unpaired) electrons. The van der Waals surface area contributed by atoms with Crippen molar-refractivity contribution in [3.8, 4) is 0 Å². The van der Waals surface area contributed by atoms with E-state index in [9.17, 15) is 4.79 Å². The van der Waals surface area contributed by atoms with Crippen molar-refractivity contribution >= 4 is 18.8 Å². The van der Waals surface area contributed by atoms with Crippen LogP contribution in [0.1, 0.15) is 12.8 Å². The number of rotatable bonds is 1. The van der Waals surface area contributed by atoms with E-state index in [1.165, 1.54) is 0 Å². The van der Waals surface area contributed by atoms with E-state index in [-0.39, 0.29) is 6.04 Å². The molecule has 0 bridgehead atoms. The average Bonchev–Trinajstić information content (AvgIpc) is 2.38. The molecular weight excluding hydrogens is 168 g/mol. The second kappa shape index (κ2) is 6.11. The fourth-order valence-corrected chi connectivity index (χ4v) is 0.895. The minimum atomic E-state index is -0.720. The fourth-order valence-electron chi connectivity index (χ4n) is 0.895. The Morgan fingerprint density at radius 2 is 2.27 bits per heavy atom. The maximum absolute atomic E-state index is 10.1. The van der Waals surface area contributed by atoms with E-state index < -0.39 is 5.97 Å². The Balaban J connectivity index is 0.000000292. The number of nitrogens with one attached hydrogen (secondary N) is 1. The van der Waals surface area contributed by atoms with Crippen molar-refractivity contribution in [3.05, 3.63) is 4.91 Å². The molecular formula is C5H10N2O3S. The molecule has 1 fully saturated rings. The van der Waals surface area contributed by atoms with E-state index in [0.717, 1.165) is 19.4 Å². The predicted molar refractivity (Wildman–Crippen MR) is 43.4 cm³/mol. The summed E-state index contributed by atoms with van der Waals surface area (Å²) in [5, 5.41) is 11.2. The van der Waals surface area contributed by atoms with Gasteiger partial charge in [-0.15, -0.1) is 4.91 Å². The van der Waals surface area contributed by atoms with E-state index in [4.69, 9.17) is 10.0 Å². The molecule has 64 valence electrons. The quantitative estimate of drug-likeness (QED) is 0.401. The van der Waals surface area contributed by atoms with Gasteiger partial charge in [-0.3, -0.25) is 4.79 Å². The van der Waals surface area contributed by atoms with Gasteiger partial charge < -0.3 is 10.4 Å². The maximum atomic E-state index is 10.1. The minimum Gasteiger partial charge on any atom is -0.480 e. The molecule has 1 unspecified atom stereocenters. The summed E-state index contributed by atoms with van der Waals surface area (Å²) in [5.74, 6) is -0.720. The Morgan fingerprint density at radius 3 is 2.45 bits per heavy atom. The summed E-state index contributed by atoms with van der Waals surface area (Å²) in [5.41, 5.74) is 0. The van der Waals surface area contributed by atoms with Gasteiger partial charge in [0.05, 0.1) is 0 Å². The van der Waals surface area contributed by atoms with Crippen molar-refractivity contribution in [2.45, 2.75) is 18.9 Å². The standard InChI is InChI=1S/C5H9NO2.HNOS/c7-5(8)4-2-1-3-6-4;2-1-3/h4,6H,1-3H2,(H,7,8);(H,2,3). The number of nitroso groups, excluding NO2 is 1. The lowest BCUT2D eigenvalue weighted by Gasteiger charge is -1.99. The fraction of sp³-hybridized carbons (Fsp3) is 0.800. The van der Waals surface area contributed by atoms with Crippen molar-refractivity contribution < 1.29 is 9.90 Å². The predicted octanol–water partition coefficient (Wildman–Crippen LogP) is 0.421. The maximum Gasteiger partial charge on any atom is 0.320 e. The summed E-state index contributed by atoms with van der Waals surface area (Å²) in [4.78, 5) is 18.6. The van der Waals surface area contributed by atoms with Crippen LogP contribution >= 0.6 is 12.8 Å². The Bertz CT molecular complexity index is 136. The monoisotopic (exact) mass is 178 g/mol. The first kappa shape index (κ1) is 10.4. The average molecular weight is 178 g/mol. The number of aliphatic carboxylic acids is 1. The van der Waals surface area contributed by atoms with Gasteiger partial charge in [0.1, 0.15) is 6.04 Å². The lowest BCUT2D eigenvalue weighted by Crippen LogP contribution is -2.29. The molecule has 1 aliphatic heterocycles. The van der Waals surface area contributed by atoms with E-state index in [1.54, 1.807) is 0 Å². The molecule has 0 aromatic rings. The van der Waals surface area contributed by atoms with Crippen molar-refractivity contribution in [2.24, 2.45) is 4.58 Å². The second-order valence-corrected chi connectivity index (χ2v) is 2.23. The second-order valence-electron chi connectivity index (χ2n) is 2.07. The smallest absolute Gasteiger partial charge is 0.320 e. The number of thiol groups is 1. The molecule has 1 heterocycles. The molecule has 0 spiro atoms. The van der Waals surface area contributed by atoms with Crippen molar-refractivity contribution in [1.82, 2.24) is 5.32 Å². The van der Waals surface area contributed by atoms with Crippen LogP contribution in [0.4, 0.5) is 0 Å². The molecule has 11 heavy (non-hydrogen) atoms. The highest BCUT2D eigenvalue weighted by Crippen LogP contribution is 2.03. The van der Waals surface area contributed by atoms with E-state index in [0.29, 0.717) is 0 Å². The van der Waals surface area contributed by atoms with Gasteiger partial charge in [0.25, 0.3) is 0 Å². The van der Waals surface area contributed by atoms with Crippen LogP contribution in [0.5, 0.6) is 0 Å². The van der Waals surface area contributed by atoms with Crippen LogP contribution < -0.4 is 5.32 Å². The molecule has 6 heteroatoms. The van der Waals surface area contributed by atoms with Gasteiger partial charge in [-0.1, -0.05) is 0 Å². The first-order chi connectivity index (χ1) is 5.22. The summed E-state index contributed by atoms with van der Waals surface area (Å²) in [6.45, 7) is 0.858. The lowest BCUT2D eigenvalue weighted by atomic mass is 10.2. The highest BCUT2D eigenvalue weighted by molar-refractivity contribution is 7.78. The van der Waals surface area contributed by atoms with Crippen LogP contribution in [0, 0.1) is 4.91 Å². The van der Waals surface area contributed by atoms with E-state index in [2.05, 4.69) is 18.1 Å². The van der Waals surface area contributed by atoms with Gasteiger partial charge in [0.2, 0.25) is 0 Å². The van der Waals surface area contributed by atoms with Gasteiger partial charge in [0.15, 0.2) is 0 Å². The topological polar surface area (TPSA) is 78.8 Å². The van der Waals surface area contributed by atoms with Crippen LogP contribution in [-0.2, 0) is 4.79 Å². The van der Waals surface area contributed by atoms with Gasteiger partial charge in [-0.05, 0) is 19.4 Å². The largest absolute Gasteiger partial charge is 0.480 e. The third-order valence-electron chi connectivity index (χ3n) is 1.36. The molecule has 0 aromatic carbocycles. The Kier molecular flexibility index (Phi) is 5.77. The molecule has 1 aliphatic rings. The molecule has 0 aromatic heterocycles. The van der Waals surface area contributed by atoms with Crippen LogP contribution in [0.15, 0.2) is 4.58 Å². The molecule has 2 N–H and O–H groups in total. The van der Waals surface area contributed by atoms with E-state index in [1.807, 2.05) is 4.58 Å². The zero-order valence-electron chi connectivity index (χ0n) is 5.86. The van der Waals surface area contributed by atoms with Gasteiger partial charge >= 0.3 is 5.97 Å². The molecule has 5 nitrogen and oxygen atoms in total. The molecule has 0 aliphatic carbocycles. The van der Waals surface area contributed by atoms with E-state index >= 15 is 0 Å². The minimum absolute atomic E-state index is 0.269. The number of carbonyl (C=O) groups is 1. The number of carboxylic acids is 1. The number of nitrogens with zero attached hydrogens (tertiary/aromatic N) is 1. The van der Waals surface area contributed by atoms with Gasteiger partial charge in [0, 0.05) is 17.4 Å². The lowest BCUT2D eigenvalue weighted by molar-refractivity contribution is -0.139. The van der Waals surface area contributed by atoms with Crippen LogP contribution in [0.25, 0.3) is 0 Å². The van der Waals surface area contributed by atoms with Crippen molar-refractivity contribution in [1.29, 1.82) is 0 Å². The summed E-state index contributed by atoms with van der Waals surface area (Å²) in [6, 6.07) is -0.269. The molecule has 0 amide bonds. The summed E-state index contributed by atoms with van der Waals surface area (Å²) in [7, 11) is 0. The molecule has 1 saturated heterocycles.